The van der Waals surface area contributed by atoms with Crippen LogP contribution in [0, 0.1) is 28.6 Å². The average Bonchev–Trinajstić information content (AvgIpc) is 3.36. The van der Waals surface area contributed by atoms with E-state index in [0.29, 0.717) is 0 Å². The van der Waals surface area contributed by atoms with Crippen molar-refractivity contribution >= 4 is 23.9 Å². The Morgan fingerprint density at radius 2 is 1.30 bits per heavy atom. The summed E-state index contributed by atoms with van der Waals surface area (Å²) in [6.45, 7) is 8.72. The lowest BCUT2D eigenvalue weighted by Crippen LogP contribution is -2.81. The van der Waals surface area contributed by atoms with Gasteiger partial charge < -0.3 is 43.7 Å². The molecule has 12 atom stereocenters. The molecule has 4 fully saturated rings. The van der Waals surface area contributed by atoms with Crippen molar-refractivity contribution in [2.45, 2.75) is 96.2 Å². The molecule has 0 aromatic heterocycles. The molecule has 2 saturated heterocycles. The summed E-state index contributed by atoms with van der Waals surface area (Å²) in [6, 6.07) is 16.2. The normalized spacial score (nSPS) is 39.9. The number of benzene rings is 2. The highest BCUT2D eigenvalue weighted by Crippen LogP contribution is 2.68. The van der Waals surface area contributed by atoms with Crippen LogP contribution in [0.1, 0.15) is 68.7 Å². The Labute approximate surface area is 289 Å². The summed E-state index contributed by atoms with van der Waals surface area (Å²) in [6.07, 6.45) is -8.63. The molecule has 0 bridgehead atoms. The van der Waals surface area contributed by atoms with Gasteiger partial charge >= 0.3 is 23.9 Å². The maximum absolute atomic E-state index is 13.9. The van der Waals surface area contributed by atoms with Crippen LogP contribution in [0.4, 0.5) is 0 Å². The van der Waals surface area contributed by atoms with Crippen molar-refractivity contribution in [2.24, 2.45) is 28.6 Å². The van der Waals surface area contributed by atoms with E-state index >= 15 is 0 Å². The molecular weight excluding hydrogens is 652 g/mol. The fraction of sp³-hybridized carbons (Fsp3) is 0.568. The van der Waals surface area contributed by atoms with Crippen molar-refractivity contribution in [3.63, 3.8) is 0 Å². The Balaban J connectivity index is 1.60. The maximum atomic E-state index is 13.9. The van der Waals surface area contributed by atoms with Gasteiger partial charge in [0.2, 0.25) is 5.79 Å². The summed E-state index contributed by atoms with van der Waals surface area (Å²) in [4.78, 5) is 53.0. The molecule has 0 radical (unpaired) electrons. The molecule has 13 nitrogen and oxygen atoms in total. The molecule has 13 heteroatoms. The summed E-state index contributed by atoms with van der Waals surface area (Å²) < 4.78 is 36.5. The fourth-order valence-electron chi connectivity index (χ4n) is 9.30. The number of aliphatic hydroxyl groups is 3. The molecule has 2 heterocycles. The van der Waals surface area contributed by atoms with E-state index in [1.54, 1.807) is 69.3 Å². The summed E-state index contributed by atoms with van der Waals surface area (Å²) in [5.41, 5.74) is -2.42. The second-order valence-electron chi connectivity index (χ2n) is 14.8. The number of rotatable bonds is 6. The molecule has 270 valence electrons. The van der Waals surface area contributed by atoms with Crippen molar-refractivity contribution in [2.75, 3.05) is 6.61 Å². The second-order valence-corrected chi connectivity index (χ2v) is 14.8. The SMILES string of the molecule is CC(=O)OC1C(O)C(C)(C)C2CC(OC(C)=O)C3(O)OC4(C)OCC(O)C4C(OC(=O)c4ccccc4)C3C2(C)C1OC(=O)c1ccccc1. The predicted octanol–water partition coefficient (Wildman–Crippen LogP) is 2.79. The Kier molecular flexibility index (Phi) is 9.13. The fourth-order valence-corrected chi connectivity index (χ4v) is 9.30. The smallest absolute Gasteiger partial charge is 0.338 e. The Morgan fingerprint density at radius 3 is 1.84 bits per heavy atom. The van der Waals surface area contributed by atoms with Crippen LogP contribution < -0.4 is 0 Å². The van der Waals surface area contributed by atoms with E-state index in [9.17, 15) is 34.5 Å². The molecule has 3 N–H and O–H groups in total. The molecule has 2 aromatic rings. The second kappa shape index (κ2) is 12.7. The first-order valence-electron chi connectivity index (χ1n) is 16.7. The summed E-state index contributed by atoms with van der Waals surface area (Å²) in [7, 11) is 0. The van der Waals surface area contributed by atoms with Crippen molar-refractivity contribution in [1.82, 2.24) is 0 Å². The standard InChI is InChI=1S/C37H44O13/c1-19(38)46-25-17-24-34(3,4)30(41)28(47-20(2)39)31(49-33(43)22-15-11-8-12-16-22)35(24,5)29-27(48-32(42)21-13-9-7-10-14-21)26-23(40)18-45-36(26,6)50-37(25,29)44/h7-16,23-31,40-41,44H,17-18H2,1-6H3. The number of hydrogen-bond acceptors (Lipinski definition) is 13. The Bertz CT molecular complexity index is 1630. The van der Waals surface area contributed by atoms with Gasteiger partial charge in [0.05, 0.1) is 35.7 Å². The zero-order chi connectivity index (χ0) is 36.4. The van der Waals surface area contributed by atoms with E-state index in [1.807, 2.05) is 0 Å². The highest BCUT2D eigenvalue weighted by atomic mass is 16.8. The first kappa shape index (κ1) is 35.9. The van der Waals surface area contributed by atoms with E-state index in [2.05, 4.69) is 0 Å². The van der Waals surface area contributed by atoms with Gasteiger partial charge in [-0.15, -0.1) is 0 Å². The molecule has 0 amide bonds. The van der Waals surface area contributed by atoms with Crippen LogP contribution in [0.15, 0.2) is 60.7 Å². The molecule has 2 aliphatic carbocycles. The number of carbonyl (C=O) groups is 4. The number of fused-ring (bicyclic) bond motifs is 4. The molecule has 0 spiro atoms. The minimum absolute atomic E-state index is 0.123. The Morgan fingerprint density at radius 1 is 0.760 bits per heavy atom. The van der Waals surface area contributed by atoms with Crippen molar-refractivity contribution in [3.05, 3.63) is 71.8 Å². The Hall–Kier alpha value is -3.88. The van der Waals surface area contributed by atoms with Gasteiger partial charge in [-0.1, -0.05) is 57.2 Å². The van der Waals surface area contributed by atoms with Crippen LogP contribution in [-0.4, -0.2) is 94.0 Å². The van der Waals surface area contributed by atoms with Crippen LogP contribution in [-0.2, 0) is 38.0 Å². The number of esters is 4. The van der Waals surface area contributed by atoms with E-state index in [-0.39, 0.29) is 24.2 Å². The van der Waals surface area contributed by atoms with Gasteiger partial charge in [0.1, 0.15) is 18.3 Å². The highest BCUT2D eigenvalue weighted by molar-refractivity contribution is 5.90. The van der Waals surface area contributed by atoms with E-state index in [1.165, 1.54) is 26.0 Å². The van der Waals surface area contributed by atoms with Crippen molar-refractivity contribution in [1.29, 1.82) is 0 Å². The molecule has 2 saturated carbocycles. The van der Waals surface area contributed by atoms with E-state index in [0.717, 1.165) is 6.92 Å². The summed E-state index contributed by atoms with van der Waals surface area (Å²) in [5, 5.41) is 36.4. The van der Waals surface area contributed by atoms with Crippen molar-refractivity contribution in [3.8, 4) is 0 Å². The van der Waals surface area contributed by atoms with Gasteiger partial charge in [0.25, 0.3) is 0 Å². The van der Waals surface area contributed by atoms with E-state index in [4.69, 9.17) is 28.4 Å². The van der Waals surface area contributed by atoms with Gasteiger partial charge in [-0.2, -0.15) is 0 Å². The van der Waals surface area contributed by atoms with Crippen LogP contribution >= 0.6 is 0 Å². The number of carbonyl (C=O) groups excluding carboxylic acids is 4. The molecule has 4 aliphatic rings. The largest absolute Gasteiger partial charge is 0.458 e. The van der Waals surface area contributed by atoms with E-state index < -0.39 is 101 Å². The third-order valence-electron chi connectivity index (χ3n) is 11.4. The molecule has 50 heavy (non-hydrogen) atoms. The summed E-state index contributed by atoms with van der Waals surface area (Å²) >= 11 is 0. The molecule has 2 aromatic carbocycles. The lowest BCUT2D eigenvalue weighted by molar-refractivity contribution is -0.458. The zero-order valence-corrected chi connectivity index (χ0v) is 28.8. The van der Waals surface area contributed by atoms with Gasteiger partial charge in [-0.3, -0.25) is 9.59 Å². The minimum atomic E-state index is -2.50. The number of hydrogen-bond donors (Lipinski definition) is 3. The third kappa shape index (κ3) is 5.69. The number of ether oxygens (including phenoxy) is 6. The summed E-state index contributed by atoms with van der Waals surface area (Å²) in [5.74, 6) is -10.7. The van der Waals surface area contributed by atoms with Crippen LogP contribution in [0.2, 0.25) is 0 Å². The van der Waals surface area contributed by atoms with Crippen LogP contribution in [0.5, 0.6) is 0 Å². The lowest BCUT2D eigenvalue weighted by atomic mass is 9.42. The van der Waals surface area contributed by atoms with Gasteiger partial charge in [0, 0.05) is 19.3 Å². The van der Waals surface area contributed by atoms with Gasteiger partial charge in [0.15, 0.2) is 18.0 Å². The molecule has 2 aliphatic heterocycles. The molecular formula is C37H44O13. The third-order valence-corrected chi connectivity index (χ3v) is 11.4. The first-order valence-corrected chi connectivity index (χ1v) is 16.7. The average molecular weight is 697 g/mol. The molecule has 6 rings (SSSR count). The maximum Gasteiger partial charge on any atom is 0.338 e. The van der Waals surface area contributed by atoms with Crippen LogP contribution in [0.3, 0.4) is 0 Å². The minimum Gasteiger partial charge on any atom is -0.458 e. The first-order chi connectivity index (χ1) is 23.4. The number of aliphatic hydroxyl groups excluding tert-OH is 2. The highest BCUT2D eigenvalue weighted by Gasteiger charge is 2.80. The topological polar surface area (TPSA) is 184 Å². The quantitative estimate of drug-likeness (QED) is 0.296. The van der Waals surface area contributed by atoms with Gasteiger partial charge in [-0.05, 0) is 48.9 Å². The lowest BCUT2D eigenvalue weighted by Gasteiger charge is -2.69. The van der Waals surface area contributed by atoms with Crippen molar-refractivity contribution < 1.29 is 62.9 Å². The zero-order valence-electron chi connectivity index (χ0n) is 28.8. The van der Waals surface area contributed by atoms with Gasteiger partial charge in [-0.25, -0.2) is 9.59 Å². The predicted molar refractivity (Wildman–Crippen MR) is 172 cm³/mol. The molecule has 12 unspecified atom stereocenters. The monoisotopic (exact) mass is 696 g/mol. The van der Waals surface area contributed by atoms with Crippen LogP contribution in [0.25, 0.3) is 0 Å².